The Bertz CT molecular complexity index is 4330. The Balaban J connectivity index is 1.37. The van der Waals surface area contributed by atoms with Crippen LogP contribution in [0.5, 0.6) is 0 Å². The molecule has 0 aliphatic carbocycles. The van der Waals surface area contributed by atoms with Crippen molar-refractivity contribution in [1.29, 1.82) is 0 Å². The molecule has 7 heteroatoms. The molecule has 6 aromatic carbocycles. The first-order chi connectivity index (χ1) is 35.4. The minimum Gasteiger partial charge on any atom is -0.294 e. The maximum absolute atomic E-state index is 10.3. The summed E-state index contributed by atoms with van der Waals surface area (Å²) in [7, 11) is 0. The van der Waals surface area contributed by atoms with Crippen molar-refractivity contribution in [2.45, 2.75) is 0 Å². The van der Waals surface area contributed by atoms with E-state index in [9.17, 15) is 8.22 Å². The summed E-state index contributed by atoms with van der Waals surface area (Å²) < 4.78 is 160. The Morgan fingerprint density at radius 2 is 1.02 bits per heavy atom. The van der Waals surface area contributed by atoms with Crippen LogP contribution in [0.2, 0.25) is 0 Å². The third-order valence-corrected chi connectivity index (χ3v) is 10.0. The SMILES string of the molecule is [2H]c1c(-c2c([2H])c([2H])c([2H])c(-n3c4ccccc4c4cccnc43)c2-n2c3ccccc3c3cccnc32)nc(-c2c([2H])c([2H])c([2H])c([2H])c2[2H])nc1-n1c2c([2H])c([2H])c([2H])c([2H])c2c2c([2H])c([2H])c([2H])c([2H])c21. The van der Waals surface area contributed by atoms with Crippen molar-refractivity contribution in [1.82, 2.24) is 33.6 Å². The lowest BCUT2D eigenvalue weighted by Gasteiger charge is -2.20. The van der Waals surface area contributed by atoms with Gasteiger partial charge in [-0.25, -0.2) is 19.9 Å². The third-order valence-electron chi connectivity index (χ3n) is 10.0. The van der Waals surface area contributed by atoms with Gasteiger partial charge in [0, 0.05) is 61.9 Å². The van der Waals surface area contributed by atoms with Crippen molar-refractivity contribution < 1.29 is 23.3 Å². The van der Waals surface area contributed by atoms with E-state index in [1.165, 1.54) is 0 Å². The van der Waals surface area contributed by atoms with E-state index in [1.807, 2.05) is 36.4 Å². The zero-order valence-electron chi connectivity index (χ0n) is 46.2. The zero-order chi connectivity index (χ0) is 52.2. The largest absolute Gasteiger partial charge is 0.294 e. The van der Waals surface area contributed by atoms with Crippen LogP contribution in [0.1, 0.15) is 23.3 Å². The average molecular weight is 747 g/mol. The molecule has 0 fully saturated rings. The van der Waals surface area contributed by atoms with Gasteiger partial charge in [-0.2, -0.15) is 0 Å². The van der Waals surface area contributed by atoms with E-state index in [-0.39, 0.29) is 27.7 Å². The van der Waals surface area contributed by atoms with Crippen molar-refractivity contribution in [2.24, 2.45) is 0 Å². The Hall–Kier alpha value is -7.90. The average Bonchev–Trinajstić information content (AvgIpc) is 4.06. The summed E-state index contributed by atoms with van der Waals surface area (Å²) in [6.45, 7) is 0. The summed E-state index contributed by atoms with van der Waals surface area (Å²) in [5.74, 6) is -1.34. The molecule has 57 heavy (non-hydrogen) atoms. The van der Waals surface area contributed by atoms with Crippen molar-refractivity contribution in [2.75, 3.05) is 0 Å². The zero-order valence-corrected chi connectivity index (χ0v) is 29.2. The minimum absolute atomic E-state index is 0.0387. The summed E-state index contributed by atoms with van der Waals surface area (Å²) >= 11 is 0. The summed E-state index contributed by atoms with van der Waals surface area (Å²) in [6.07, 6.45) is 3.10. The summed E-state index contributed by atoms with van der Waals surface area (Å²) in [4.78, 5) is 19.1. The molecular weight excluding hydrogens is 699 g/mol. The number of nitrogens with zero attached hydrogens (tertiary/aromatic N) is 7. The van der Waals surface area contributed by atoms with Gasteiger partial charge in [0.25, 0.3) is 0 Å². The van der Waals surface area contributed by atoms with E-state index in [0.717, 1.165) is 4.57 Å². The predicted molar refractivity (Wildman–Crippen MR) is 232 cm³/mol. The molecule has 7 nitrogen and oxygen atoms in total. The molecule has 0 unspecified atom stereocenters. The highest BCUT2D eigenvalue weighted by atomic mass is 15.1. The first-order valence-electron chi connectivity index (χ1n) is 26.2. The van der Waals surface area contributed by atoms with Gasteiger partial charge in [0.15, 0.2) is 5.82 Å². The van der Waals surface area contributed by atoms with Crippen molar-refractivity contribution in [3.8, 4) is 39.8 Å². The number of para-hydroxylation sites is 5. The smallest absolute Gasteiger partial charge is 0.162 e. The number of fused-ring (bicyclic) bond motifs is 9. The van der Waals surface area contributed by atoms with Crippen LogP contribution in [0.3, 0.4) is 0 Å². The summed E-state index contributed by atoms with van der Waals surface area (Å²) in [5, 5.41) is 1.92. The van der Waals surface area contributed by atoms with Crippen LogP contribution < -0.4 is 0 Å². The van der Waals surface area contributed by atoms with Gasteiger partial charge in [-0.15, -0.1) is 0 Å². The van der Waals surface area contributed by atoms with Crippen molar-refractivity contribution >= 4 is 65.7 Å². The summed E-state index contributed by atoms with van der Waals surface area (Å²) in [5.41, 5.74) is -0.877. The Morgan fingerprint density at radius 1 is 0.439 bits per heavy atom. The van der Waals surface area contributed by atoms with Crippen LogP contribution >= 0.6 is 0 Å². The Kier molecular flexibility index (Phi) is 4.13. The van der Waals surface area contributed by atoms with Gasteiger partial charge in [-0.3, -0.25) is 13.7 Å². The maximum atomic E-state index is 10.3. The standard InChI is InChI=1S/C50H31N7/c1-2-15-32(16-3-1)48-53-40(31-46(54-48)55-41-24-8-4-17-33(41)34-18-5-9-25-42(34)55)39-21-12-28-45(56-43-26-10-6-19-35(43)37-22-13-29-51-49(37)56)47(39)57-44-27-11-7-20-36(44)38-23-14-30-52-50(38)57/h1-31H/i1D,2D,3D,4D,5D,8D,9D,12D,15D,16D,17D,18D,21D,24D,25D,28D,31D. The number of aromatic nitrogens is 7. The van der Waals surface area contributed by atoms with Gasteiger partial charge in [0.1, 0.15) is 17.1 Å². The molecule has 0 saturated carbocycles. The first kappa shape index (κ1) is 19.1. The van der Waals surface area contributed by atoms with Crippen LogP contribution in [0, 0.1) is 0 Å². The molecular formula is C50H31N7. The Morgan fingerprint density at radius 3 is 1.70 bits per heavy atom. The van der Waals surface area contributed by atoms with Gasteiger partial charge < -0.3 is 0 Å². The normalized spacial score (nSPS) is 16.0. The number of hydrogen-bond donors (Lipinski definition) is 0. The van der Waals surface area contributed by atoms with E-state index < -0.39 is 137 Å². The van der Waals surface area contributed by atoms with E-state index in [0.29, 0.717) is 43.9 Å². The lowest BCUT2D eigenvalue weighted by Crippen LogP contribution is -2.08. The van der Waals surface area contributed by atoms with Gasteiger partial charge in [0.05, 0.1) is 62.4 Å². The fraction of sp³-hybridized carbons (Fsp3) is 0. The molecule has 266 valence electrons. The van der Waals surface area contributed by atoms with Crippen LogP contribution in [0.4, 0.5) is 0 Å². The van der Waals surface area contributed by atoms with Crippen LogP contribution in [-0.4, -0.2) is 33.6 Å². The molecule has 0 aliphatic rings. The second-order valence-electron chi connectivity index (χ2n) is 13.0. The number of benzene rings is 6. The van der Waals surface area contributed by atoms with Crippen LogP contribution in [0.25, 0.3) is 106 Å². The monoisotopic (exact) mass is 746 g/mol. The summed E-state index contributed by atoms with van der Waals surface area (Å²) in [6, 6.07) is 9.18. The molecule has 0 bridgehead atoms. The second kappa shape index (κ2) is 12.3. The van der Waals surface area contributed by atoms with E-state index in [4.69, 9.17) is 30.0 Å². The van der Waals surface area contributed by atoms with Crippen molar-refractivity contribution in [3.05, 3.63) is 188 Å². The van der Waals surface area contributed by atoms with Gasteiger partial charge in [-0.05, 0) is 54.5 Å². The molecule has 0 N–H and O–H groups in total. The van der Waals surface area contributed by atoms with E-state index >= 15 is 0 Å². The third kappa shape index (κ3) is 4.66. The molecule has 12 rings (SSSR count). The topological polar surface area (TPSA) is 66.3 Å². The van der Waals surface area contributed by atoms with Gasteiger partial charge >= 0.3 is 0 Å². The minimum atomic E-state index is -0.797. The molecule has 0 spiro atoms. The Labute approximate surface area is 350 Å². The van der Waals surface area contributed by atoms with Gasteiger partial charge in [0.2, 0.25) is 0 Å². The second-order valence-corrected chi connectivity index (χ2v) is 13.0. The number of hydrogen-bond acceptors (Lipinski definition) is 4. The highest BCUT2D eigenvalue weighted by molar-refractivity contribution is 6.11. The number of pyridine rings is 2. The van der Waals surface area contributed by atoms with E-state index in [2.05, 4.69) is 4.98 Å². The number of rotatable bonds is 5. The van der Waals surface area contributed by atoms with E-state index in [1.54, 1.807) is 57.9 Å². The van der Waals surface area contributed by atoms with Crippen LogP contribution in [0.15, 0.2) is 188 Å². The first-order valence-corrected chi connectivity index (χ1v) is 17.7. The maximum Gasteiger partial charge on any atom is 0.162 e. The highest BCUT2D eigenvalue weighted by Gasteiger charge is 2.25. The quantitative estimate of drug-likeness (QED) is 0.176. The molecule has 0 aliphatic heterocycles. The molecule has 6 heterocycles. The van der Waals surface area contributed by atoms with Crippen molar-refractivity contribution in [3.63, 3.8) is 0 Å². The fourth-order valence-corrected chi connectivity index (χ4v) is 7.71. The molecule has 0 atom stereocenters. The molecule has 6 aromatic heterocycles. The molecule has 0 radical (unpaired) electrons. The van der Waals surface area contributed by atoms with Crippen LogP contribution in [-0.2, 0) is 0 Å². The van der Waals surface area contributed by atoms with Gasteiger partial charge in [-0.1, -0.05) is 115 Å². The fourth-order valence-electron chi connectivity index (χ4n) is 7.71. The molecule has 12 aromatic rings. The molecule has 0 amide bonds. The predicted octanol–water partition coefficient (Wildman–Crippen LogP) is 11.9. The highest BCUT2D eigenvalue weighted by Crippen LogP contribution is 2.42. The molecule has 0 saturated heterocycles. The lowest BCUT2D eigenvalue weighted by molar-refractivity contribution is 1.04. The lowest BCUT2D eigenvalue weighted by atomic mass is 10.1.